The minimum atomic E-state index is 0.980. The van der Waals surface area contributed by atoms with Crippen LogP contribution in [0.2, 0.25) is 0 Å². The standard InChI is InChI=1S/C27H20/c1-5-18-9-3-11-24-22(15-13-20(7-1)26(18)24)17-23-16-14-21-8-2-6-19-10-4-12-25(23)27(19)21/h1-8,11-16H,9-10,17H2. The van der Waals surface area contributed by atoms with E-state index in [1.54, 1.807) is 0 Å². The highest BCUT2D eigenvalue weighted by Crippen LogP contribution is 2.35. The Hall–Kier alpha value is -3.12. The van der Waals surface area contributed by atoms with Crippen molar-refractivity contribution in [3.05, 3.63) is 106 Å². The lowest BCUT2D eigenvalue weighted by atomic mass is 9.85. The summed E-state index contributed by atoms with van der Waals surface area (Å²) in [5.74, 6) is 0. The van der Waals surface area contributed by atoms with Gasteiger partial charge in [-0.05, 0) is 74.2 Å². The maximum atomic E-state index is 2.33. The molecule has 0 heteroatoms. The molecule has 0 aromatic heterocycles. The lowest BCUT2D eigenvalue weighted by Crippen LogP contribution is -2.02. The predicted octanol–water partition coefficient (Wildman–Crippen LogP) is 6.72. The van der Waals surface area contributed by atoms with Gasteiger partial charge in [-0.25, -0.2) is 0 Å². The molecule has 2 aliphatic rings. The molecular weight excluding hydrogens is 324 g/mol. The molecule has 4 aromatic rings. The summed E-state index contributed by atoms with van der Waals surface area (Å²) >= 11 is 0. The summed E-state index contributed by atoms with van der Waals surface area (Å²) < 4.78 is 0. The Bertz CT molecular complexity index is 1180. The highest BCUT2D eigenvalue weighted by molar-refractivity contribution is 5.98. The van der Waals surface area contributed by atoms with Crippen molar-refractivity contribution in [3.8, 4) is 0 Å². The first-order chi connectivity index (χ1) is 13.4. The lowest BCUT2D eigenvalue weighted by Gasteiger charge is -2.19. The zero-order valence-electron chi connectivity index (χ0n) is 15.2. The molecule has 0 atom stereocenters. The molecule has 2 aliphatic carbocycles. The third-order valence-corrected chi connectivity index (χ3v) is 6.15. The van der Waals surface area contributed by atoms with E-state index in [9.17, 15) is 0 Å². The van der Waals surface area contributed by atoms with Crippen LogP contribution in [0.4, 0.5) is 0 Å². The summed E-state index contributed by atoms with van der Waals surface area (Å²) in [4.78, 5) is 0. The predicted molar refractivity (Wildman–Crippen MR) is 116 cm³/mol. The molecule has 0 saturated heterocycles. The topological polar surface area (TPSA) is 0 Å². The molecule has 0 heterocycles. The van der Waals surface area contributed by atoms with E-state index in [2.05, 4.69) is 85.0 Å². The first-order valence-corrected chi connectivity index (χ1v) is 9.78. The molecular formula is C27H20. The SMILES string of the molecule is C1=Cc2c(Cc3ccc4cccc5c4c3C=CC5)ccc3cccc(c23)C1. The number of allylic oxidation sites excluding steroid dienone is 2. The molecule has 0 aliphatic heterocycles. The summed E-state index contributed by atoms with van der Waals surface area (Å²) in [6.07, 6.45) is 12.3. The van der Waals surface area contributed by atoms with Crippen LogP contribution in [0.1, 0.15) is 33.4 Å². The van der Waals surface area contributed by atoms with Crippen LogP contribution in [0.25, 0.3) is 33.7 Å². The van der Waals surface area contributed by atoms with Crippen molar-refractivity contribution >= 4 is 33.7 Å². The van der Waals surface area contributed by atoms with Crippen molar-refractivity contribution < 1.29 is 0 Å². The molecule has 128 valence electrons. The molecule has 0 fully saturated rings. The molecule has 0 unspecified atom stereocenters. The Labute approximate surface area is 159 Å². The van der Waals surface area contributed by atoms with E-state index in [0.29, 0.717) is 0 Å². The summed E-state index contributed by atoms with van der Waals surface area (Å²) in [6.45, 7) is 0. The summed E-state index contributed by atoms with van der Waals surface area (Å²) in [5.41, 5.74) is 8.59. The van der Waals surface area contributed by atoms with Gasteiger partial charge in [-0.1, -0.05) is 85.0 Å². The van der Waals surface area contributed by atoms with Crippen LogP contribution in [-0.2, 0) is 19.3 Å². The minimum Gasteiger partial charge on any atom is -0.0795 e. The quantitative estimate of drug-likeness (QED) is 0.378. The molecule has 4 aromatic carbocycles. The van der Waals surface area contributed by atoms with Crippen LogP contribution in [0.3, 0.4) is 0 Å². The fraction of sp³-hybridized carbons (Fsp3) is 0.111. The largest absolute Gasteiger partial charge is 0.0795 e. The van der Waals surface area contributed by atoms with Crippen molar-refractivity contribution in [1.29, 1.82) is 0 Å². The second-order valence-corrected chi connectivity index (χ2v) is 7.70. The molecule has 27 heavy (non-hydrogen) atoms. The molecule has 0 saturated carbocycles. The summed E-state index contributed by atoms with van der Waals surface area (Å²) in [6, 6.07) is 22.6. The van der Waals surface area contributed by atoms with Gasteiger partial charge in [0, 0.05) is 0 Å². The van der Waals surface area contributed by atoms with Crippen LogP contribution < -0.4 is 0 Å². The van der Waals surface area contributed by atoms with Gasteiger partial charge in [-0.2, -0.15) is 0 Å². The van der Waals surface area contributed by atoms with E-state index >= 15 is 0 Å². The number of hydrogen-bond acceptors (Lipinski definition) is 0. The van der Waals surface area contributed by atoms with E-state index in [1.165, 1.54) is 54.9 Å². The Morgan fingerprint density at radius 3 is 1.59 bits per heavy atom. The average Bonchev–Trinajstić information content (AvgIpc) is 2.72. The van der Waals surface area contributed by atoms with Gasteiger partial charge in [0.25, 0.3) is 0 Å². The third-order valence-electron chi connectivity index (χ3n) is 6.15. The van der Waals surface area contributed by atoms with Crippen molar-refractivity contribution in [2.24, 2.45) is 0 Å². The van der Waals surface area contributed by atoms with Gasteiger partial charge >= 0.3 is 0 Å². The van der Waals surface area contributed by atoms with E-state index in [0.717, 1.165) is 19.3 Å². The molecule has 6 rings (SSSR count). The first-order valence-electron chi connectivity index (χ1n) is 9.78. The minimum absolute atomic E-state index is 0.980. The Balaban J connectivity index is 1.56. The fourth-order valence-electron chi connectivity index (χ4n) is 4.90. The molecule has 0 radical (unpaired) electrons. The highest BCUT2D eigenvalue weighted by atomic mass is 14.2. The van der Waals surface area contributed by atoms with E-state index in [1.807, 2.05) is 0 Å². The van der Waals surface area contributed by atoms with Gasteiger partial charge in [-0.15, -0.1) is 0 Å². The van der Waals surface area contributed by atoms with Crippen molar-refractivity contribution in [3.63, 3.8) is 0 Å². The highest BCUT2D eigenvalue weighted by Gasteiger charge is 2.16. The second-order valence-electron chi connectivity index (χ2n) is 7.70. The number of benzene rings is 4. The number of hydrogen-bond donors (Lipinski definition) is 0. The fourth-order valence-corrected chi connectivity index (χ4v) is 4.90. The van der Waals surface area contributed by atoms with E-state index in [-0.39, 0.29) is 0 Å². The second kappa shape index (κ2) is 5.69. The van der Waals surface area contributed by atoms with Gasteiger partial charge in [0.1, 0.15) is 0 Å². The molecule has 0 N–H and O–H groups in total. The zero-order valence-corrected chi connectivity index (χ0v) is 15.2. The van der Waals surface area contributed by atoms with Crippen LogP contribution in [0.15, 0.2) is 72.8 Å². The number of rotatable bonds is 2. The van der Waals surface area contributed by atoms with Gasteiger partial charge in [0.15, 0.2) is 0 Å². The van der Waals surface area contributed by atoms with Crippen LogP contribution in [0.5, 0.6) is 0 Å². The van der Waals surface area contributed by atoms with E-state index in [4.69, 9.17) is 0 Å². The van der Waals surface area contributed by atoms with E-state index < -0.39 is 0 Å². The van der Waals surface area contributed by atoms with Crippen LogP contribution in [-0.4, -0.2) is 0 Å². The average molecular weight is 344 g/mol. The molecule has 0 bridgehead atoms. The molecule has 0 spiro atoms. The van der Waals surface area contributed by atoms with Gasteiger partial charge in [0.05, 0.1) is 0 Å². The zero-order chi connectivity index (χ0) is 17.8. The van der Waals surface area contributed by atoms with Crippen LogP contribution in [0, 0.1) is 0 Å². The van der Waals surface area contributed by atoms with Crippen molar-refractivity contribution in [2.75, 3.05) is 0 Å². The molecule has 0 amide bonds. The van der Waals surface area contributed by atoms with Gasteiger partial charge in [-0.3, -0.25) is 0 Å². The Morgan fingerprint density at radius 1 is 0.556 bits per heavy atom. The van der Waals surface area contributed by atoms with Crippen molar-refractivity contribution in [2.45, 2.75) is 19.3 Å². The van der Waals surface area contributed by atoms with Gasteiger partial charge in [0.2, 0.25) is 0 Å². The maximum Gasteiger partial charge on any atom is -0.00134 e. The Kier molecular flexibility index (Phi) is 3.16. The Morgan fingerprint density at radius 2 is 1.07 bits per heavy atom. The van der Waals surface area contributed by atoms with Crippen LogP contribution >= 0.6 is 0 Å². The third kappa shape index (κ3) is 2.23. The lowest BCUT2D eigenvalue weighted by molar-refractivity contribution is 1.17. The van der Waals surface area contributed by atoms with Gasteiger partial charge < -0.3 is 0 Å². The van der Waals surface area contributed by atoms with Crippen molar-refractivity contribution in [1.82, 2.24) is 0 Å². The first kappa shape index (κ1) is 15.0. The molecule has 0 nitrogen and oxygen atoms in total. The summed E-state index contributed by atoms with van der Waals surface area (Å²) in [7, 11) is 0. The maximum absolute atomic E-state index is 2.33. The smallest absolute Gasteiger partial charge is 0.00134 e. The normalized spacial score (nSPS) is 14.2. The summed E-state index contributed by atoms with van der Waals surface area (Å²) in [5, 5.41) is 5.61. The monoisotopic (exact) mass is 344 g/mol.